The highest BCUT2D eigenvalue weighted by Gasteiger charge is 2.25. The molecule has 7 nitrogen and oxygen atoms in total. The number of amides is 1. The van der Waals surface area contributed by atoms with Crippen LogP contribution in [0.3, 0.4) is 0 Å². The zero-order chi connectivity index (χ0) is 22.8. The molecule has 0 atom stereocenters. The summed E-state index contributed by atoms with van der Waals surface area (Å²) in [6.07, 6.45) is 0.879. The highest BCUT2D eigenvalue weighted by Crippen LogP contribution is 2.32. The monoisotopic (exact) mass is 455 g/mol. The second-order valence-electron chi connectivity index (χ2n) is 8.90. The van der Waals surface area contributed by atoms with E-state index in [-0.39, 0.29) is 11.9 Å². The van der Waals surface area contributed by atoms with Crippen molar-refractivity contribution in [3.63, 3.8) is 0 Å². The number of carbonyl (C=O) groups is 1. The predicted molar refractivity (Wildman–Crippen MR) is 130 cm³/mol. The SMILES string of the molecule is Cc1cc(C)c2nc(N(CCCN3CCOCC3)C(=O)c3cc(C)n(C(C)C)n3)sc2c1. The van der Waals surface area contributed by atoms with Crippen molar-refractivity contribution >= 4 is 32.6 Å². The van der Waals surface area contributed by atoms with E-state index in [1.807, 2.05) is 22.6 Å². The number of ether oxygens (including phenoxy) is 1. The lowest BCUT2D eigenvalue weighted by Crippen LogP contribution is -2.39. The van der Waals surface area contributed by atoms with E-state index in [2.05, 4.69) is 49.8 Å². The molecule has 2 aromatic heterocycles. The number of aryl methyl sites for hydroxylation is 3. The second-order valence-corrected chi connectivity index (χ2v) is 9.91. The zero-order valence-corrected chi connectivity index (χ0v) is 20.5. The van der Waals surface area contributed by atoms with E-state index in [4.69, 9.17) is 9.72 Å². The maximum absolute atomic E-state index is 13.6. The molecule has 172 valence electrons. The molecule has 0 aliphatic carbocycles. The van der Waals surface area contributed by atoms with Crippen LogP contribution in [0.15, 0.2) is 18.2 Å². The number of carbonyl (C=O) groups excluding carboxylic acids is 1. The van der Waals surface area contributed by atoms with Crippen LogP contribution >= 0.6 is 11.3 Å². The molecule has 8 heteroatoms. The van der Waals surface area contributed by atoms with Gasteiger partial charge in [0, 0.05) is 37.9 Å². The van der Waals surface area contributed by atoms with Crippen LogP contribution in [0.4, 0.5) is 5.13 Å². The largest absolute Gasteiger partial charge is 0.379 e. The molecule has 1 aromatic carbocycles. The third-order valence-corrected chi connectivity index (χ3v) is 6.91. The average Bonchev–Trinajstić information content (AvgIpc) is 3.35. The number of benzene rings is 1. The lowest BCUT2D eigenvalue weighted by atomic mass is 10.1. The first-order valence-electron chi connectivity index (χ1n) is 11.4. The van der Waals surface area contributed by atoms with Crippen LogP contribution < -0.4 is 4.90 Å². The minimum atomic E-state index is -0.0806. The van der Waals surface area contributed by atoms with E-state index in [9.17, 15) is 4.79 Å². The van der Waals surface area contributed by atoms with E-state index in [0.717, 1.165) is 65.9 Å². The zero-order valence-electron chi connectivity index (χ0n) is 19.7. The van der Waals surface area contributed by atoms with E-state index in [1.54, 1.807) is 11.3 Å². The summed E-state index contributed by atoms with van der Waals surface area (Å²) in [7, 11) is 0. The Morgan fingerprint density at radius 2 is 1.94 bits per heavy atom. The molecule has 3 aromatic rings. The van der Waals surface area contributed by atoms with E-state index >= 15 is 0 Å². The first-order chi connectivity index (χ1) is 15.3. The molecule has 1 amide bonds. The Labute approximate surface area is 194 Å². The number of aromatic nitrogens is 3. The Kier molecular flexibility index (Phi) is 6.93. The Hall–Kier alpha value is -2.29. The van der Waals surface area contributed by atoms with Crippen molar-refractivity contribution in [3.05, 3.63) is 40.7 Å². The normalized spacial score (nSPS) is 15.1. The Balaban J connectivity index is 1.62. The molecule has 3 heterocycles. The molecule has 0 N–H and O–H groups in total. The standard InChI is InChI=1S/C24H33N5O2S/c1-16(2)29-19(5)15-20(26-29)23(30)28(8-6-7-27-9-11-31-12-10-27)24-25-22-18(4)13-17(3)14-21(22)32-24/h13-16H,6-12H2,1-5H3. The van der Waals surface area contributed by atoms with Gasteiger partial charge in [-0.2, -0.15) is 5.10 Å². The predicted octanol–water partition coefficient (Wildman–Crippen LogP) is 4.37. The van der Waals surface area contributed by atoms with Crippen LogP contribution in [0.25, 0.3) is 10.2 Å². The van der Waals surface area contributed by atoms with Crippen molar-refractivity contribution in [3.8, 4) is 0 Å². The fraction of sp³-hybridized carbons (Fsp3) is 0.542. The summed E-state index contributed by atoms with van der Waals surface area (Å²) in [5, 5.41) is 5.36. The van der Waals surface area contributed by atoms with Gasteiger partial charge in [-0.1, -0.05) is 17.4 Å². The number of morpholine rings is 1. The molecular weight excluding hydrogens is 422 g/mol. The van der Waals surface area contributed by atoms with Gasteiger partial charge in [0.25, 0.3) is 5.91 Å². The van der Waals surface area contributed by atoms with Crippen molar-refractivity contribution in [1.29, 1.82) is 0 Å². The third-order valence-electron chi connectivity index (χ3n) is 5.89. The number of nitrogens with zero attached hydrogens (tertiary/aromatic N) is 5. The molecule has 0 saturated carbocycles. The number of fused-ring (bicyclic) bond motifs is 1. The van der Waals surface area contributed by atoms with E-state index in [1.165, 1.54) is 5.56 Å². The van der Waals surface area contributed by atoms with Gasteiger partial charge >= 0.3 is 0 Å². The van der Waals surface area contributed by atoms with Crippen LogP contribution in [0.5, 0.6) is 0 Å². The van der Waals surface area contributed by atoms with Gasteiger partial charge in [-0.15, -0.1) is 0 Å². The number of rotatable bonds is 7. The van der Waals surface area contributed by atoms with Gasteiger partial charge in [0.15, 0.2) is 10.8 Å². The lowest BCUT2D eigenvalue weighted by molar-refractivity contribution is 0.0376. The summed E-state index contributed by atoms with van der Waals surface area (Å²) in [6.45, 7) is 15.3. The quantitative estimate of drug-likeness (QED) is 0.529. The topological polar surface area (TPSA) is 63.5 Å². The van der Waals surface area contributed by atoms with Crippen LogP contribution in [0.1, 0.15) is 53.6 Å². The van der Waals surface area contributed by atoms with Crippen LogP contribution in [0.2, 0.25) is 0 Å². The summed E-state index contributed by atoms with van der Waals surface area (Å²) in [6, 6.07) is 6.39. The summed E-state index contributed by atoms with van der Waals surface area (Å²) >= 11 is 1.59. The highest BCUT2D eigenvalue weighted by atomic mass is 32.1. The van der Waals surface area contributed by atoms with Gasteiger partial charge in [-0.3, -0.25) is 19.3 Å². The van der Waals surface area contributed by atoms with Gasteiger partial charge in [0.2, 0.25) is 0 Å². The third kappa shape index (κ3) is 4.87. The molecule has 0 radical (unpaired) electrons. The maximum atomic E-state index is 13.6. The van der Waals surface area contributed by atoms with Crippen molar-refractivity contribution < 1.29 is 9.53 Å². The van der Waals surface area contributed by atoms with E-state index < -0.39 is 0 Å². The minimum Gasteiger partial charge on any atom is -0.379 e. The second kappa shape index (κ2) is 9.68. The van der Waals surface area contributed by atoms with Gasteiger partial charge in [-0.05, 0) is 64.3 Å². The first-order valence-corrected chi connectivity index (χ1v) is 12.2. The molecule has 0 bridgehead atoms. The molecule has 0 unspecified atom stereocenters. The molecule has 4 rings (SSSR count). The number of anilines is 1. The summed E-state index contributed by atoms with van der Waals surface area (Å²) in [5.41, 5.74) is 4.80. The number of hydrogen-bond donors (Lipinski definition) is 0. The van der Waals surface area contributed by atoms with Crippen molar-refractivity contribution in [2.24, 2.45) is 0 Å². The van der Waals surface area contributed by atoms with Gasteiger partial charge in [-0.25, -0.2) is 4.98 Å². The molecule has 1 saturated heterocycles. The van der Waals surface area contributed by atoms with Crippen molar-refractivity contribution in [1.82, 2.24) is 19.7 Å². The average molecular weight is 456 g/mol. The Bertz CT molecular complexity index is 1100. The molecule has 1 aliphatic rings. The summed E-state index contributed by atoms with van der Waals surface area (Å²) < 4.78 is 8.48. The summed E-state index contributed by atoms with van der Waals surface area (Å²) in [5.74, 6) is -0.0806. The number of hydrogen-bond acceptors (Lipinski definition) is 6. The lowest BCUT2D eigenvalue weighted by Gasteiger charge is -2.27. The van der Waals surface area contributed by atoms with Gasteiger partial charge in [0.1, 0.15) is 0 Å². The fourth-order valence-corrected chi connectivity index (χ4v) is 5.46. The van der Waals surface area contributed by atoms with Gasteiger partial charge < -0.3 is 4.74 Å². The van der Waals surface area contributed by atoms with E-state index in [0.29, 0.717) is 12.2 Å². The maximum Gasteiger partial charge on any atom is 0.280 e. The first kappa shape index (κ1) is 22.9. The minimum absolute atomic E-state index is 0.0806. The molecule has 1 aliphatic heterocycles. The van der Waals surface area contributed by atoms with Crippen LogP contribution in [0, 0.1) is 20.8 Å². The molecule has 32 heavy (non-hydrogen) atoms. The Morgan fingerprint density at radius 1 is 1.19 bits per heavy atom. The highest BCUT2D eigenvalue weighted by molar-refractivity contribution is 7.22. The molecular formula is C24H33N5O2S. The van der Waals surface area contributed by atoms with Crippen LogP contribution in [-0.4, -0.2) is 65.0 Å². The smallest absolute Gasteiger partial charge is 0.280 e. The fourth-order valence-electron chi connectivity index (χ4n) is 4.29. The van der Waals surface area contributed by atoms with Crippen molar-refractivity contribution in [2.75, 3.05) is 44.3 Å². The summed E-state index contributed by atoms with van der Waals surface area (Å²) in [4.78, 5) is 22.7. The Morgan fingerprint density at radius 3 is 2.62 bits per heavy atom. The van der Waals surface area contributed by atoms with Gasteiger partial charge in [0.05, 0.1) is 23.4 Å². The molecule has 0 spiro atoms. The van der Waals surface area contributed by atoms with Crippen LogP contribution in [-0.2, 0) is 4.74 Å². The number of thiazole rings is 1. The van der Waals surface area contributed by atoms with Crippen molar-refractivity contribution in [2.45, 2.75) is 47.1 Å². The molecule has 1 fully saturated rings.